The second-order valence-electron chi connectivity index (χ2n) is 4.38. The zero-order chi connectivity index (χ0) is 13.1. The first-order valence-corrected chi connectivity index (χ1v) is 7.37. The lowest BCUT2D eigenvalue weighted by atomic mass is 9.97. The first kappa shape index (κ1) is 13.6. The summed E-state index contributed by atoms with van der Waals surface area (Å²) in [7, 11) is 2.00. The fraction of sp³-hybridized carbons (Fsp3) is 0.333. The highest BCUT2D eigenvalue weighted by molar-refractivity contribution is 7.16. The smallest absolute Gasteiger partial charge is 0.0961 e. The Bertz CT molecular complexity index is 514. The third kappa shape index (κ3) is 2.61. The summed E-state index contributed by atoms with van der Waals surface area (Å²) >= 11 is 7.85. The van der Waals surface area contributed by atoms with Crippen LogP contribution in [0.4, 0.5) is 0 Å². The Morgan fingerprint density at radius 2 is 2.06 bits per heavy atom. The molecule has 96 valence electrons. The van der Waals surface area contributed by atoms with Crippen molar-refractivity contribution in [2.45, 2.75) is 26.3 Å². The van der Waals surface area contributed by atoms with Crippen LogP contribution < -0.4 is 5.32 Å². The Morgan fingerprint density at radius 3 is 2.61 bits per heavy atom. The van der Waals surface area contributed by atoms with Crippen LogP contribution in [-0.2, 0) is 6.42 Å². The van der Waals surface area contributed by atoms with Crippen LogP contribution in [0.15, 0.2) is 30.3 Å². The monoisotopic (exact) mass is 279 g/mol. The van der Waals surface area contributed by atoms with Crippen molar-refractivity contribution in [2.24, 2.45) is 0 Å². The van der Waals surface area contributed by atoms with Gasteiger partial charge in [-0.1, -0.05) is 42.8 Å². The molecule has 0 aliphatic rings. The number of nitrogens with one attached hydrogen (secondary N) is 1. The molecule has 0 aliphatic carbocycles. The minimum absolute atomic E-state index is 0.234. The van der Waals surface area contributed by atoms with Gasteiger partial charge in [-0.2, -0.15) is 0 Å². The number of hydrogen-bond acceptors (Lipinski definition) is 2. The summed E-state index contributed by atoms with van der Waals surface area (Å²) in [5.41, 5.74) is 3.89. The highest BCUT2D eigenvalue weighted by Crippen LogP contribution is 2.35. The van der Waals surface area contributed by atoms with Gasteiger partial charge in [0.25, 0.3) is 0 Å². The zero-order valence-corrected chi connectivity index (χ0v) is 12.5. The van der Waals surface area contributed by atoms with E-state index in [-0.39, 0.29) is 6.04 Å². The molecule has 1 atom stereocenters. The molecule has 0 aliphatic heterocycles. The van der Waals surface area contributed by atoms with Gasteiger partial charge in [0.05, 0.1) is 10.4 Å². The van der Waals surface area contributed by atoms with E-state index in [0.717, 1.165) is 16.3 Å². The molecule has 3 heteroatoms. The van der Waals surface area contributed by atoms with Gasteiger partial charge in [-0.15, -0.1) is 11.3 Å². The molecular weight excluding hydrogens is 262 g/mol. The van der Waals surface area contributed by atoms with Gasteiger partial charge in [0, 0.05) is 4.88 Å². The molecule has 0 spiro atoms. The van der Waals surface area contributed by atoms with Crippen LogP contribution in [-0.4, -0.2) is 7.05 Å². The highest BCUT2D eigenvalue weighted by atomic mass is 35.5. The van der Waals surface area contributed by atoms with Crippen molar-refractivity contribution in [2.75, 3.05) is 7.05 Å². The topological polar surface area (TPSA) is 12.0 Å². The lowest BCUT2D eigenvalue weighted by Gasteiger charge is -2.18. The lowest BCUT2D eigenvalue weighted by molar-refractivity contribution is 0.695. The van der Waals surface area contributed by atoms with Crippen LogP contribution in [0.2, 0.25) is 4.34 Å². The van der Waals surface area contributed by atoms with E-state index < -0.39 is 0 Å². The quantitative estimate of drug-likeness (QED) is 0.864. The number of halogens is 1. The van der Waals surface area contributed by atoms with E-state index in [4.69, 9.17) is 11.6 Å². The SMILES string of the molecule is CCc1ccccc1C(NC)c1cc(C)c(Cl)s1. The molecule has 1 N–H and O–H groups in total. The molecule has 0 saturated heterocycles. The number of aryl methyl sites for hydroxylation is 2. The largest absolute Gasteiger partial charge is 0.309 e. The van der Waals surface area contributed by atoms with Crippen LogP contribution in [0.5, 0.6) is 0 Å². The van der Waals surface area contributed by atoms with Crippen LogP contribution >= 0.6 is 22.9 Å². The second kappa shape index (κ2) is 5.87. The first-order chi connectivity index (χ1) is 8.67. The molecule has 0 fully saturated rings. The molecule has 0 bridgehead atoms. The highest BCUT2D eigenvalue weighted by Gasteiger charge is 2.17. The van der Waals surface area contributed by atoms with Crippen LogP contribution in [0.3, 0.4) is 0 Å². The fourth-order valence-electron chi connectivity index (χ4n) is 2.21. The third-order valence-corrected chi connectivity index (χ3v) is 4.82. The zero-order valence-electron chi connectivity index (χ0n) is 11.0. The van der Waals surface area contributed by atoms with Gasteiger partial charge in [0.1, 0.15) is 0 Å². The minimum Gasteiger partial charge on any atom is -0.309 e. The molecule has 1 nitrogen and oxygen atoms in total. The van der Waals surface area contributed by atoms with Crippen molar-refractivity contribution in [1.29, 1.82) is 0 Å². The van der Waals surface area contributed by atoms with Crippen molar-refractivity contribution >= 4 is 22.9 Å². The molecule has 1 unspecified atom stereocenters. The standard InChI is InChI=1S/C15H18ClNS/c1-4-11-7-5-6-8-12(11)14(17-3)13-9-10(2)15(16)18-13/h5-9,14,17H,4H2,1-3H3. The van der Waals surface area contributed by atoms with Gasteiger partial charge in [0.2, 0.25) is 0 Å². The van der Waals surface area contributed by atoms with Crippen molar-refractivity contribution in [3.05, 3.63) is 56.2 Å². The molecular formula is C15H18ClNS. The van der Waals surface area contributed by atoms with Gasteiger partial charge in [-0.25, -0.2) is 0 Å². The Morgan fingerprint density at radius 1 is 1.33 bits per heavy atom. The number of thiophene rings is 1. The summed E-state index contributed by atoms with van der Waals surface area (Å²) in [6, 6.07) is 11.0. The van der Waals surface area contributed by atoms with Crippen molar-refractivity contribution < 1.29 is 0 Å². The Kier molecular flexibility index (Phi) is 4.44. The minimum atomic E-state index is 0.234. The summed E-state index contributed by atoms with van der Waals surface area (Å²) < 4.78 is 0.888. The van der Waals surface area contributed by atoms with Gasteiger partial charge >= 0.3 is 0 Å². The predicted octanol–water partition coefficient (Wildman–Crippen LogP) is 4.58. The maximum absolute atomic E-state index is 6.18. The maximum Gasteiger partial charge on any atom is 0.0961 e. The van der Waals surface area contributed by atoms with Crippen molar-refractivity contribution in [3.8, 4) is 0 Å². The van der Waals surface area contributed by atoms with E-state index in [0.29, 0.717) is 0 Å². The molecule has 0 saturated carbocycles. The summed E-state index contributed by atoms with van der Waals surface area (Å²) in [5.74, 6) is 0. The summed E-state index contributed by atoms with van der Waals surface area (Å²) in [6.45, 7) is 4.25. The average Bonchev–Trinajstić information content (AvgIpc) is 2.71. The van der Waals surface area contributed by atoms with Crippen molar-refractivity contribution in [3.63, 3.8) is 0 Å². The van der Waals surface area contributed by atoms with E-state index >= 15 is 0 Å². The summed E-state index contributed by atoms with van der Waals surface area (Å²) in [4.78, 5) is 1.28. The molecule has 18 heavy (non-hydrogen) atoms. The molecule has 0 amide bonds. The van der Waals surface area contributed by atoms with E-state index in [9.17, 15) is 0 Å². The molecule has 2 aromatic rings. The van der Waals surface area contributed by atoms with Crippen LogP contribution in [0.25, 0.3) is 0 Å². The molecule has 1 aromatic heterocycles. The second-order valence-corrected chi connectivity index (χ2v) is 6.07. The van der Waals surface area contributed by atoms with Gasteiger partial charge < -0.3 is 5.32 Å². The normalized spacial score (nSPS) is 12.7. The van der Waals surface area contributed by atoms with E-state index in [1.165, 1.54) is 16.0 Å². The maximum atomic E-state index is 6.18. The van der Waals surface area contributed by atoms with Gasteiger partial charge in [-0.05, 0) is 43.1 Å². The lowest BCUT2D eigenvalue weighted by Crippen LogP contribution is -2.18. The first-order valence-electron chi connectivity index (χ1n) is 6.18. The van der Waals surface area contributed by atoms with E-state index in [1.54, 1.807) is 11.3 Å². The summed E-state index contributed by atoms with van der Waals surface area (Å²) in [5, 5.41) is 3.40. The predicted molar refractivity (Wildman–Crippen MR) is 80.8 cm³/mol. The molecule has 1 heterocycles. The van der Waals surface area contributed by atoms with E-state index in [2.05, 4.69) is 49.5 Å². The van der Waals surface area contributed by atoms with Gasteiger partial charge in [0.15, 0.2) is 0 Å². The molecule has 0 radical (unpaired) electrons. The fourth-order valence-corrected chi connectivity index (χ4v) is 3.56. The number of hydrogen-bond donors (Lipinski definition) is 1. The van der Waals surface area contributed by atoms with Crippen molar-refractivity contribution in [1.82, 2.24) is 5.32 Å². The number of rotatable bonds is 4. The van der Waals surface area contributed by atoms with E-state index in [1.807, 2.05) is 7.05 Å². The van der Waals surface area contributed by atoms with Crippen LogP contribution in [0.1, 0.15) is 34.5 Å². The molecule has 2 rings (SSSR count). The Labute approximate surface area is 118 Å². The average molecular weight is 280 g/mol. The Balaban J connectivity index is 2.45. The number of benzene rings is 1. The van der Waals surface area contributed by atoms with Gasteiger partial charge in [-0.3, -0.25) is 0 Å². The molecule has 1 aromatic carbocycles. The Hall–Kier alpha value is -0.830. The van der Waals surface area contributed by atoms with Crippen LogP contribution in [0, 0.1) is 6.92 Å². The summed E-state index contributed by atoms with van der Waals surface area (Å²) in [6.07, 6.45) is 1.05. The third-order valence-electron chi connectivity index (χ3n) is 3.20.